The summed E-state index contributed by atoms with van der Waals surface area (Å²) in [6.45, 7) is 3.67. The lowest BCUT2D eigenvalue weighted by Gasteiger charge is -2.31. The van der Waals surface area contributed by atoms with Gasteiger partial charge in [-0.2, -0.15) is 0 Å². The number of nitrogens with two attached hydrogens (primary N) is 1. The first-order valence-corrected chi connectivity index (χ1v) is 7.76. The number of carbonyl (C=O) groups is 1. The number of amidine groups is 1. The molecule has 20 heavy (non-hydrogen) atoms. The molecule has 0 aliphatic heterocycles. The van der Waals surface area contributed by atoms with Crippen molar-refractivity contribution in [3.8, 4) is 0 Å². The molecule has 1 aliphatic carbocycles. The molecule has 1 heterocycles. The van der Waals surface area contributed by atoms with E-state index in [0.717, 1.165) is 24.8 Å². The summed E-state index contributed by atoms with van der Waals surface area (Å²) < 4.78 is 0. The maximum absolute atomic E-state index is 12.6. The van der Waals surface area contributed by atoms with E-state index in [9.17, 15) is 4.79 Å². The zero-order chi connectivity index (χ0) is 14.8. The van der Waals surface area contributed by atoms with E-state index in [0.29, 0.717) is 6.42 Å². The number of fused-ring (bicyclic) bond motifs is 1. The number of hydrogen-bond donors (Lipinski definition) is 3. The third-order valence-corrected chi connectivity index (χ3v) is 5.14. The van der Waals surface area contributed by atoms with Gasteiger partial charge < -0.3 is 16.3 Å². The molecule has 1 aromatic rings. The van der Waals surface area contributed by atoms with E-state index in [-0.39, 0.29) is 17.7 Å². The molecule has 6 heteroatoms. The zero-order valence-corrected chi connectivity index (χ0v) is 12.7. The van der Waals surface area contributed by atoms with Crippen LogP contribution >= 0.6 is 11.3 Å². The fourth-order valence-corrected chi connectivity index (χ4v) is 3.55. The van der Waals surface area contributed by atoms with Crippen molar-refractivity contribution in [1.82, 2.24) is 5.32 Å². The molecule has 0 saturated heterocycles. The van der Waals surface area contributed by atoms with E-state index >= 15 is 0 Å². The van der Waals surface area contributed by atoms with Crippen molar-refractivity contribution in [3.05, 3.63) is 21.9 Å². The molecule has 0 saturated carbocycles. The van der Waals surface area contributed by atoms with Crippen molar-refractivity contribution in [2.24, 2.45) is 10.9 Å². The van der Waals surface area contributed by atoms with E-state index in [1.54, 1.807) is 18.3 Å². The number of thiophene rings is 1. The normalized spacial score (nSPS) is 21.9. The Morgan fingerprint density at radius 3 is 3.10 bits per heavy atom. The molecule has 1 aromatic heterocycles. The lowest BCUT2D eigenvalue weighted by atomic mass is 9.86. The van der Waals surface area contributed by atoms with Gasteiger partial charge in [0, 0.05) is 4.88 Å². The predicted molar refractivity (Wildman–Crippen MR) is 80.2 cm³/mol. The molecule has 2 atom stereocenters. The van der Waals surface area contributed by atoms with E-state index < -0.39 is 5.54 Å². The van der Waals surface area contributed by atoms with Gasteiger partial charge in [0.25, 0.3) is 0 Å². The Kier molecular flexibility index (Phi) is 4.32. The van der Waals surface area contributed by atoms with Crippen molar-refractivity contribution in [1.29, 1.82) is 0 Å². The first kappa shape index (κ1) is 14.8. The Hall–Kier alpha value is -1.56. The number of nitrogens with one attached hydrogen (secondary N) is 1. The number of amides is 1. The second kappa shape index (κ2) is 5.83. The molecule has 2 unspecified atom stereocenters. The fraction of sp³-hybridized carbons (Fsp3) is 0.571. The summed E-state index contributed by atoms with van der Waals surface area (Å²) in [7, 11) is 0. The Morgan fingerprint density at radius 2 is 2.45 bits per heavy atom. The molecule has 2 rings (SSSR count). The number of aryl methyl sites for hydroxylation is 1. The molecule has 0 radical (unpaired) electrons. The van der Waals surface area contributed by atoms with E-state index in [4.69, 9.17) is 10.9 Å². The number of hydrogen-bond acceptors (Lipinski definition) is 4. The maximum atomic E-state index is 12.6. The standard InChI is InChI=1S/C14H21N3O2S/c1-3-14(2,13(15)17-19)16-12(18)10-5-4-6-11-9(10)7-8-20-11/h7-8,10,19H,3-6H2,1-2H3,(H2,15,17)(H,16,18). The molecular formula is C14H21N3O2S. The lowest BCUT2D eigenvalue weighted by molar-refractivity contribution is -0.124. The summed E-state index contributed by atoms with van der Waals surface area (Å²) in [4.78, 5) is 13.9. The molecule has 110 valence electrons. The van der Waals surface area contributed by atoms with Crippen molar-refractivity contribution in [2.75, 3.05) is 0 Å². The van der Waals surface area contributed by atoms with E-state index in [1.165, 1.54) is 4.88 Å². The minimum Gasteiger partial charge on any atom is -0.409 e. The minimum atomic E-state index is -0.806. The molecule has 0 bridgehead atoms. The minimum absolute atomic E-state index is 0.0368. The zero-order valence-electron chi connectivity index (χ0n) is 11.8. The van der Waals surface area contributed by atoms with E-state index in [2.05, 4.69) is 10.5 Å². The highest BCUT2D eigenvalue weighted by molar-refractivity contribution is 7.10. The smallest absolute Gasteiger partial charge is 0.228 e. The Balaban J connectivity index is 2.18. The molecule has 5 nitrogen and oxygen atoms in total. The maximum Gasteiger partial charge on any atom is 0.228 e. The van der Waals surface area contributed by atoms with Crippen LogP contribution in [0.1, 0.15) is 49.5 Å². The van der Waals surface area contributed by atoms with Crippen LogP contribution in [0.15, 0.2) is 16.6 Å². The Labute approximate surface area is 122 Å². The summed E-state index contributed by atoms with van der Waals surface area (Å²) in [6, 6.07) is 2.04. The largest absolute Gasteiger partial charge is 0.409 e. The molecule has 1 amide bonds. The van der Waals surface area contributed by atoms with Gasteiger partial charge in [-0.15, -0.1) is 11.3 Å². The highest BCUT2D eigenvalue weighted by Gasteiger charge is 2.34. The first-order chi connectivity index (χ1) is 9.51. The first-order valence-electron chi connectivity index (χ1n) is 6.88. The molecule has 1 aliphatic rings. The molecular weight excluding hydrogens is 274 g/mol. The van der Waals surface area contributed by atoms with Crippen molar-refractivity contribution in [2.45, 2.75) is 51.0 Å². The van der Waals surface area contributed by atoms with Gasteiger partial charge >= 0.3 is 0 Å². The third kappa shape index (κ3) is 2.65. The monoisotopic (exact) mass is 295 g/mol. The average Bonchev–Trinajstić information content (AvgIpc) is 2.94. The van der Waals surface area contributed by atoms with Gasteiger partial charge in [0.2, 0.25) is 5.91 Å². The third-order valence-electron chi connectivity index (χ3n) is 4.15. The van der Waals surface area contributed by atoms with Crippen LogP contribution in [0, 0.1) is 0 Å². The van der Waals surface area contributed by atoms with Crippen LogP contribution in [0.2, 0.25) is 0 Å². The van der Waals surface area contributed by atoms with Crippen LogP contribution in [0.25, 0.3) is 0 Å². The fourth-order valence-electron chi connectivity index (χ4n) is 2.56. The van der Waals surface area contributed by atoms with Crippen LogP contribution in [-0.4, -0.2) is 22.5 Å². The van der Waals surface area contributed by atoms with Crippen LogP contribution in [-0.2, 0) is 11.2 Å². The van der Waals surface area contributed by atoms with Crippen LogP contribution in [0.3, 0.4) is 0 Å². The summed E-state index contributed by atoms with van der Waals surface area (Å²) >= 11 is 1.71. The van der Waals surface area contributed by atoms with Gasteiger partial charge in [-0.05, 0) is 49.6 Å². The topological polar surface area (TPSA) is 87.7 Å². The summed E-state index contributed by atoms with van der Waals surface area (Å²) in [5.74, 6) is -0.127. The van der Waals surface area contributed by atoms with Crippen LogP contribution < -0.4 is 11.1 Å². The van der Waals surface area contributed by atoms with Crippen LogP contribution in [0.5, 0.6) is 0 Å². The lowest BCUT2D eigenvalue weighted by Crippen LogP contribution is -2.56. The SMILES string of the molecule is CCC(C)(NC(=O)C1CCCc2sccc21)/C(N)=N/O. The Morgan fingerprint density at radius 1 is 1.70 bits per heavy atom. The molecule has 4 N–H and O–H groups in total. The van der Waals surface area contributed by atoms with Crippen molar-refractivity contribution >= 4 is 23.1 Å². The van der Waals surface area contributed by atoms with Gasteiger partial charge in [0.05, 0.1) is 11.5 Å². The van der Waals surface area contributed by atoms with Gasteiger partial charge in [0.15, 0.2) is 5.84 Å². The highest BCUT2D eigenvalue weighted by atomic mass is 32.1. The second-order valence-electron chi connectivity index (χ2n) is 5.40. The highest BCUT2D eigenvalue weighted by Crippen LogP contribution is 2.35. The van der Waals surface area contributed by atoms with Gasteiger partial charge in [0.1, 0.15) is 0 Å². The molecule has 0 spiro atoms. The number of rotatable bonds is 4. The average molecular weight is 295 g/mol. The number of carbonyl (C=O) groups excluding carboxylic acids is 1. The predicted octanol–water partition coefficient (Wildman–Crippen LogP) is 2.20. The number of nitrogens with zero attached hydrogens (tertiary/aromatic N) is 1. The van der Waals surface area contributed by atoms with Gasteiger partial charge in [-0.25, -0.2) is 0 Å². The molecule has 0 aromatic carbocycles. The number of oxime groups is 1. The van der Waals surface area contributed by atoms with Crippen molar-refractivity contribution in [3.63, 3.8) is 0 Å². The van der Waals surface area contributed by atoms with Crippen LogP contribution in [0.4, 0.5) is 0 Å². The van der Waals surface area contributed by atoms with Crippen molar-refractivity contribution < 1.29 is 10.0 Å². The van der Waals surface area contributed by atoms with Gasteiger partial charge in [-0.3, -0.25) is 4.79 Å². The second-order valence-corrected chi connectivity index (χ2v) is 6.40. The van der Waals surface area contributed by atoms with E-state index in [1.807, 2.05) is 18.4 Å². The quantitative estimate of drug-likeness (QED) is 0.344. The molecule has 0 fully saturated rings. The van der Waals surface area contributed by atoms with Gasteiger partial charge in [-0.1, -0.05) is 12.1 Å². The summed E-state index contributed by atoms with van der Waals surface area (Å²) in [5.41, 5.74) is 6.03. The summed E-state index contributed by atoms with van der Waals surface area (Å²) in [6.07, 6.45) is 3.50. The summed E-state index contributed by atoms with van der Waals surface area (Å²) in [5, 5.41) is 16.9. The Bertz CT molecular complexity index is 526.